The minimum atomic E-state index is 0.0286. The highest BCUT2D eigenvalue weighted by Gasteiger charge is 2.26. The Hall–Kier alpha value is -0.610. The molecule has 110 valence electrons. The largest absolute Gasteiger partial charge is 0.352 e. The summed E-state index contributed by atoms with van der Waals surface area (Å²) >= 11 is 0. The van der Waals surface area contributed by atoms with Crippen LogP contribution in [-0.2, 0) is 4.79 Å². The molecule has 1 aliphatic heterocycles. The first-order valence-electron chi connectivity index (χ1n) is 7.97. The molecule has 4 heteroatoms. The number of rotatable bonds is 4. The second-order valence-electron chi connectivity index (χ2n) is 5.99. The first kappa shape index (κ1) is 14.8. The fourth-order valence-corrected chi connectivity index (χ4v) is 3.20. The molecular weight excluding hydrogens is 238 g/mol. The number of hydrogen-bond acceptors (Lipinski definition) is 3. The van der Waals surface area contributed by atoms with Gasteiger partial charge in [0.1, 0.15) is 0 Å². The van der Waals surface area contributed by atoms with Gasteiger partial charge in [-0.2, -0.15) is 0 Å². The van der Waals surface area contributed by atoms with Crippen molar-refractivity contribution in [3.8, 4) is 0 Å². The smallest absolute Gasteiger partial charge is 0.237 e. The molecule has 2 fully saturated rings. The van der Waals surface area contributed by atoms with Gasteiger partial charge in [-0.05, 0) is 26.3 Å². The number of hydrogen-bond donors (Lipinski definition) is 1. The lowest BCUT2D eigenvalue weighted by atomic mass is 9.95. The van der Waals surface area contributed by atoms with Gasteiger partial charge in [0, 0.05) is 32.2 Å². The van der Waals surface area contributed by atoms with E-state index in [1.807, 2.05) is 0 Å². The summed E-state index contributed by atoms with van der Waals surface area (Å²) < 4.78 is 0. The molecule has 2 aliphatic rings. The Morgan fingerprint density at radius 1 is 1.16 bits per heavy atom. The number of nitrogens with one attached hydrogen (secondary N) is 1. The van der Waals surface area contributed by atoms with E-state index < -0.39 is 0 Å². The molecule has 1 saturated carbocycles. The van der Waals surface area contributed by atoms with Crippen molar-refractivity contribution >= 4 is 5.91 Å². The number of piperazine rings is 1. The predicted octanol–water partition coefficient (Wildman–Crippen LogP) is 1.46. The maximum absolute atomic E-state index is 12.3. The van der Waals surface area contributed by atoms with E-state index >= 15 is 0 Å². The zero-order chi connectivity index (χ0) is 13.7. The summed E-state index contributed by atoms with van der Waals surface area (Å²) in [6.45, 7) is 9.61. The van der Waals surface area contributed by atoms with E-state index in [0.717, 1.165) is 32.7 Å². The minimum Gasteiger partial charge on any atom is -0.352 e. The summed E-state index contributed by atoms with van der Waals surface area (Å²) in [5, 5.41) is 3.25. The fourth-order valence-electron chi connectivity index (χ4n) is 3.20. The summed E-state index contributed by atoms with van der Waals surface area (Å²) in [5.41, 5.74) is 0. The average Bonchev–Trinajstić information content (AvgIpc) is 2.47. The van der Waals surface area contributed by atoms with Crippen LogP contribution >= 0.6 is 0 Å². The van der Waals surface area contributed by atoms with E-state index in [4.69, 9.17) is 0 Å². The number of likely N-dealkylation sites (N-methyl/N-ethyl adjacent to an activating group) is 1. The summed E-state index contributed by atoms with van der Waals surface area (Å²) in [6.07, 6.45) is 6.22. The molecule has 0 aromatic carbocycles. The van der Waals surface area contributed by atoms with Crippen LogP contribution in [0.2, 0.25) is 0 Å². The third-order valence-electron chi connectivity index (χ3n) is 4.73. The van der Waals surface area contributed by atoms with E-state index in [0.29, 0.717) is 6.04 Å². The van der Waals surface area contributed by atoms with Gasteiger partial charge < -0.3 is 10.2 Å². The predicted molar refractivity (Wildman–Crippen MR) is 78.2 cm³/mol. The molecule has 0 radical (unpaired) electrons. The van der Waals surface area contributed by atoms with Crippen LogP contribution in [0, 0.1) is 0 Å². The highest BCUT2D eigenvalue weighted by atomic mass is 16.2. The first-order valence-corrected chi connectivity index (χ1v) is 7.97. The molecule has 2 rings (SSSR count). The Kier molecular flexibility index (Phi) is 5.64. The third kappa shape index (κ3) is 4.18. The summed E-state index contributed by atoms with van der Waals surface area (Å²) in [5.74, 6) is 0.233. The van der Waals surface area contributed by atoms with Crippen molar-refractivity contribution in [1.29, 1.82) is 0 Å². The Morgan fingerprint density at radius 3 is 2.37 bits per heavy atom. The topological polar surface area (TPSA) is 35.6 Å². The highest BCUT2D eigenvalue weighted by Crippen LogP contribution is 2.17. The number of nitrogens with zero attached hydrogens (tertiary/aromatic N) is 2. The van der Waals surface area contributed by atoms with Crippen molar-refractivity contribution in [3.05, 3.63) is 0 Å². The van der Waals surface area contributed by atoms with Crippen molar-refractivity contribution in [2.75, 3.05) is 32.7 Å². The number of carbonyl (C=O) groups is 1. The molecule has 4 nitrogen and oxygen atoms in total. The molecule has 0 aromatic heterocycles. The van der Waals surface area contributed by atoms with Gasteiger partial charge >= 0.3 is 0 Å². The van der Waals surface area contributed by atoms with Crippen LogP contribution < -0.4 is 5.32 Å². The summed E-state index contributed by atoms with van der Waals surface area (Å²) in [6, 6.07) is 0.460. The SMILES string of the molecule is CCN1CCN([C@H](C)C(=O)NC2CCCCC2)CC1. The van der Waals surface area contributed by atoms with Crippen molar-refractivity contribution in [1.82, 2.24) is 15.1 Å². The first-order chi connectivity index (χ1) is 9.20. The van der Waals surface area contributed by atoms with Gasteiger partial charge in [-0.15, -0.1) is 0 Å². The molecule has 19 heavy (non-hydrogen) atoms. The molecule has 0 bridgehead atoms. The van der Waals surface area contributed by atoms with Crippen molar-refractivity contribution in [2.24, 2.45) is 0 Å². The van der Waals surface area contributed by atoms with E-state index in [-0.39, 0.29) is 11.9 Å². The molecule has 1 heterocycles. The van der Waals surface area contributed by atoms with Crippen LogP contribution in [0.15, 0.2) is 0 Å². The minimum absolute atomic E-state index is 0.0286. The second-order valence-corrected chi connectivity index (χ2v) is 5.99. The lowest BCUT2D eigenvalue weighted by Gasteiger charge is -2.37. The van der Waals surface area contributed by atoms with Crippen LogP contribution in [0.3, 0.4) is 0 Å². The maximum atomic E-state index is 12.3. The molecule has 0 unspecified atom stereocenters. The monoisotopic (exact) mass is 267 g/mol. The van der Waals surface area contributed by atoms with Gasteiger partial charge in [-0.25, -0.2) is 0 Å². The molecule has 1 aliphatic carbocycles. The van der Waals surface area contributed by atoms with Crippen LogP contribution in [0.25, 0.3) is 0 Å². The zero-order valence-corrected chi connectivity index (χ0v) is 12.5. The molecule has 0 spiro atoms. The molecule has 1 amide bonds. The Labute approximate surface area is 117 Å². The normalized spacial score (nSPS) is 25.2. The average molecular weight is 267 g/mol. The van der Waals surface area contributed by atoms with Gasteiger partial charge in [0.25, 0.3) is 0 Å². The Bertz CT molecular complexity index is 281. The van der Waals surface area contributed by atoms with Crippen molar-refractivity contribution in [2.45, 2.75) is 58.0 Å². The van der Waals surface area contributed by atoms with Crippen LogP contribution in [0.5, 0.6) is 0 Å². The Balaban J connectivity index is 1.75. The fraction of sp³-hybridized carbons (Fsp3) is 0.933. The molecule has 1 atom stereocenters. The van der Waals surface area contributed by atoms with Gasteiger partial charge in [-0.3, -0.25) is 9.69 Å². The molecule has 1 N–H and O–H groups in total. The van der Waals surface area contributed by atoms with E-state index in [1.54, 1.807) is 0 Å². The third-order valence-corrected chi connectivity index (χ3v) is 4.73. The van der Waals surface area contributed by atoms with Crippen LogP contribution in [-0.4, -0.2) is 60.5 Å². The molecular formula is C15H29N3O. The van der Waals surface area contributed by atoms with Gasteiger partial charge in [0.2, 0.25) is 5.91 Å². The quantitative estimate of drug-likeness (QED) is 0.837. The maximum Gasteiger partial charge on any atom is 0.237 e. The van der Waals surface area contributed by atoms with Crippen molar-refractivity contribution < 1.29 is 4.79 Å². The highest BCUT2D eigenvalue weighted by molar-refractivity contribution is 5.81. The van der Waals surface area contributed by atoms with Crippen LogP contribution in [0.1, 0.15) is 46.0 Å². The number of amides is 1. The zero-order valence-electron chi connectivity index (χ0n) is 12.5. The van der Waals surface area contributed by atoms with E-state index in [2.05, 4.69) is 29.0 Å². The summed E-state index contributed by atoms with van der Waals surface area (Å²) in [7, 11) is 0. The lowest BCUT2D eigenvalue weighted by Crippen LogP contribution is -2.55. The Morgan fingerprint density at radius 2 is 1.79 bits per heavy atom. The molecule has 0 aromatic rings. The standard InChI is InChI=1S/C15H29N3O/c1-3-17-9-11-18(12-10-17)13(2)15(19)16-14-7-5-4-6-8-14/h13-14H,3-12H2,1-2H3,(H,16,19)/t13-/m1/s1. The second kappa shape index (κ2) is 7.25. The van der Waals surface area contributed by atoms with Crippen LogP contribution in [0.4, 0.5) is 0 Å². The van der Waals surface area contributed by atoms with Gasteiger partial charge in [0.15, 0.2) is 0 Å². The van der Waals surface area contributed by atoms with Gasteiger partial charge in [-0.1, -0.05) is 26.2 Å². The van der Waals surface area contributed by atoms with E-state index in [1.165, 1.54) is 32.1 Å². The molecule has 1 saturated heterocycles. The van der Waals surface area contributed by atoms with Crippen molar-refractivity contribution in [3.63, 3.8) is 0 Å². The lowest BCUT2D eigenvalue weighted by molar-refractivity contribution is -0.127. The van der Waals surface area contributed by atoms with Gasteiger partial charge in [0.05, 0.1) is 6.04 Å². The van der Waals surface area contributed by atoms with E-state index in [9.17, 15) is 4.79 Å². The number of carbonyl (C=O) groups excluding carboxylic acids is 1. The summed E-state index contributed by atoms with van der Waals surface area (Å²) in [4.78, 5) is 17.1.